The van der Waals surface area contributed by atoms with Gasteiger partial charge in [0.15, 0.2) is 0 Å². The summed E-state index contributed by atoms with van der Waals surface area (Å²) in [6, 6.07) is 16.1. The molecular formula is C23H32N4O3+2. The fraction of sp³-hybridized carbons (Fsp3) is 0.478. The maximum absolute atomic E-state index is 10.8. The van der Waals surface area contributed by atoms with Crippen molar-refractivity contribution in [2.45, 2.75) is 25.4 Å². The fourth-order valence-electron chi connectivity index (χ4n) is 4.97. The number of ether oxygens (including phenoxy) is 1. The number of likely N-dealkylation sites (tertiary alicyclic amines) is 1. The first-order valence-corrected chi connectivity index (χ1v) is 10.9. The zero-order valence-electron chi connectivity index (χ0n) is 17.7. The number of piperazine rings is 1. The van der Waals surface area contributed by atoms with E-state index < -0.39 is 0 Å². The predicted molar refractivity (Wildman–Crippen MR) is 116 cm³/mol. The maximum Gasteiger partial charge on any atom is 0.269 e. The van der Waals surface area contributed by atoms with Crippen LogP contribution in [0.2, 0.25) is 0 Å². The van der Waals surface area contributed by atoms with Gasteiger partial charge in [0.1, 0.15) is 12.3 Å². The number of quaternary nitrogens is 2. The van der Waals surface area contributed by atoms with Gasteiger partial charge in [-0.25, -0.2) is 0 Å². The zero-order chi connectivity index (χ0) is 20.9. The lowest BCUT2D eigenvalue weighted by Gasteiger charge is -2.40. The summed E-state index contributed by atoms with van der Waals surface area (Å²) in [5.41, 5.74) is 2.57. The predicted octanol–water partition coefficient (Wildman–Crippen LogP) is 0.556. The van der Waals surface area contributed by atoms with Crippen molar-refractivity contribution in [3.63, 3.8) is 0 Å². The Morgan fingerprint density at radius 3 is 2.33 bits per heavy atom. The smallest absolute Gasteiger partial charge is 0.269 e. The summed E-state index contributed by atoms with van der Waals surface area (Å²) in [4.78, 5) is 16.3. The summed E-state index contributed by atoms with van der Waals surface area (Å²) >= 11 is 0. The van der Waals surface area contributed by atoms with Crippen LogP contribution in [0.4, 0.5) is 11.4 Å². The normalized spacial score (nSPS) is 22.6. The van der Waals surface area contributed by atoms with E-state index in [9.17, 15) is 10.1 Å². The van der Waals surface area contributed by atoms with E-state index in [2.05, 4.69) is 17.0 Å². The first kappa shape index (κ1) is 20.6. The number of anilines is 1. The van der Waals surface area contributed by atoms with Gasteiger partial charge < -0.3 is 19.4 Å². The van der Waals surface area contributed by atoms with E-state index in [1.54, 1.807) is 29.0 Å². The number of nitrogens with one attached hydrogen (secondary N) is 2. The van der Waals surface area contributed by atoms with Crippen molar-refractivity contribution in [2.75, 3.05) is 51.3 Å². The molecule has 0 radical (unpaired) electrons. The number of nitrogens with zero attached hydrogens (tertiary/aromatic N) is 2. The summed E-state index contributed by atoms with van der Waals surface area (Å²) in [6.45, 7) is 7.84. The molecule has 0 bridgehead atoms. The van der Waals surface area contributed by atoms with Gasteiger partial charge in [-0.2, -0.15) is 0 Å². The van der Waals surface area contributed by atoms with Crippen molar-refractivity contribution < 1.29 is 19.5 Å². The number of para-hydroxylation sites is 2. The van der Waals surface area contributed by atoms with E-state index in [4.69, 9.17) is 4.74 Å². The highest BCUT2D eigenvalue weighted by Crippen LogP contribution is 2.27. The lowest BCUT2D eigenvalue weighted by molar-refractivity contribution is -0.963. The van der Waals surface area contributed by atoms with Gasteiger partial charge in [0.05, 0.1) is 63.0 Å². The molecule has 0 aromatic heterocycles. The Balaban J connectivity index is 1.24. The Labute approximate surface area is 178 Å². The minimum atomic E-state index is -0.335. The largest absolute Gasteiger partial charge is 0.495 e. The number of hydrogen-bond acceptors (Lipinski definition) is 4. The molecule has 2 saturated heterocycles. The van der Waals surface area contributed by atoms with Crippen molar-refractivity contribution in [3.8, 4) is 5.75 Å². The monoisotopic (exact) mass is 412 g/mol. The molecule has 0 saturated carbocycles. The van der Waals surface area contributed by atoms with Gasteiger partial charge in [0.25, 0.3) is 5.69 Å². The third-order valence-corrected chi connectivity index (χ3v) is 6.70. The van der Waals surface area contributed by atoms with Crippen LogP contribution in [0.15, 0.2) is 48.5 Å². The first-order valence-electron chi connectivity index (χ1n) is 10.9. The van der Waals surface area contributed by atoms with E-state index >= 15 is 0 Å². The third-order valence-electron chi connectivity index (χ3n) is 6.70. The number of methoxy groups -OCH3 is 1. The number of non-ortho nitro benzene ring substituents is 1. The van der Waals surface area contributed by atoms with Crippen LogP contribution in [0.1, 0.15) is 18.4 Å². The SMILES string of the molecule is COc1ccccc1N1CC[NH+](C2CC[NH+](Cc3ccc([N+](=O)[O-])cc3)CC2)CC1. The van der Waals surface area contributed by atoms with Gasteiger partial charge in [-0.3, -0.25) is 10.1 Å². The Bertz CT molecular complexity index is 842. The topological polar surface area (TPSA) is 64.5 Å². The molecule has 2 aromatic carbocycles. The lowest BCUT2D eigenvalue weighted by Crippen LogP contribution is -3.21. The molecule has 0 unspecified atom stereocenters. The van der Waals surface area contributed by atoms with Crippen molar-refractivity contribution in [2.24, 2.45) is 0 Å². The quantitative estimate of drug-likeness (QED) is 0.538. The van der Waals surface area contributed by atoms with E-state index in [1.807, 2.05) is 24.3 Å². The van der Waals surface area contributed by atoms with Crippen LogP contribution in [0.25, 0.3) is 0 Å². The first-order chi connectivity index (χ1) is 14.6. The van der Waals surface area contributed by atoms with Gasteiger partial charge in [-0.15, -0.1) is 0 Å². The van der Waals surface area contributed by atoms with Crippen molar-refractivity contribution in [3.05, 3.63) is 64.2 Å². The third kappa shape index (κ3) is 4.74. The molecule has 160 valence electrons. The Morgan fingerprint density at radius 2 is 1.70 bits per heavy atom. The average Bonchev–Trinajstić information content (AvgIpc) is 2.80. The number of benzene rings is 2. The van der Waals surface area contributed by atoms with Gasteiger partial charge in [0.2, 0.25) is 0 Å². The van der Waals surface area contributed by atoms with Crippen LogP contribution >= 0.6 is 0 Å². The lowest BCUT2D eigenvalue weighted by atomic mass is 10.0. The molecule has 2 aliphatic rings. The maximum atomic E-state index is 10.8. The number of nitro groups is 1. The minimum Gasteiger partial charge on any atom is -0.495 e. The van der Waals surface area contributed by atoms with Crippen LogP contribution in [0.3, 0.4) is 0 Å². The Morgan fingerprint density at radius 1 is 1.03 bits per heavy atom. The van der Waals surface area contributed by atoms with Crippen LogP contribution in [-0.4, -0.2) is 57.3 Å². The number of hydrogen-bond donors (Lipinski definition) is 2. The average molecular weight is 413 g/mol. The highest BCUT2D eigenvalue weighted by atomic mass is 16.6. The summed E-state index contributed by atoms with van der Waals surface area (Å²) in [5, 5.41) is 10.8. The molecule has 7 nitrogen and oxygen atoms in total. The summed E-state index contributed by atoms with van der Waals surface area (Å²) in [7, 11) is 1.74. The van der Waals surface area contributed by atoms with Crippen LogP contribution in [0, 0.1) is 10.1 Å². The van der Waals surface area contributed by atoms with Crippen LogP contribution in [-0.2, 0) is 6.54 Å². The molecule has 4 rings (SSSR count). The van der Waals surface area contributed by atoms with Crippen LogP contribution < -0.4 is 19.4 Å². The number of nitro benzene ring substituents is 1. The van der Waals surface area contributed by atoms with E-state index in [0.717, 1.165) is 31.4 Å². The second-order valence-electron chi connectivity index (χ2n) is 8.44. The highest BCUT2D eigenvalue weighted by Gasteiger charge is 2.32. The standard InChI is InChI=1S/C23H30N4O3/c1-30-23-5-3-2-4-22(23)26-16-14-25(15-17-26)20-10-12-24(13-11-20)18-19-6-8-21(9-7-19)27(28)29/h2-9,20H,10-18H2,1H3/p+2. The second kappa shape index (κ2) is 9.45. The van der Waals surface area contributed by atoms with Gasteiger partial charge in [-0.1, -0.05) is 12.1 Å². The highest BCUT2D eigenvalue weighted by molar-refractivity contribution is 5.58. The molecule has 0 aliphatic carbocycles. The molecule has 2 aromatic rings. The molecule has 7 heteroatoms. The van der Waals surface area contributed by atoms with Crippen LogP contribution in [0.5, 0.6) is 5.75 Å². The molecule has 0 spiro atoms. The van der Waals surface area contributed by atoms with E-state index in [-0.39, 0.29) is 10.6 Å². The Kier molecular flexibility index (Phi) is 6.50. The summed E-state index contributed by atoms with van der Waals surface area (Å²) in [5.74, 6) is 0.962. The molecule has 2 N–H and O–H groups in total. The van der Waals surface area contributed by atoms with E-state index in [1.165, 1.54) is 50.3 Å². The molecular weight excluding hydrogens is 380 g/mol. The minimum absolute atomic E-state index is 0.170. The van der Waals surface area contributed by atoms with Gasteiger partial charge in [0, 0.05) is 30.5 Å². The van der Waals surface area contributed by atoms with Gasteiger partial charge >= 0.3 is 0 Å². The molecule has 0 amide bonds. The summed E-state index contributed by atoms with van der Waals surface area (Å²) in [6.07, 6.45) is 2.51. The van der Waals surface area contributed by atoms with Crippen molar-refractivity contribution in [1.29, 1.82) is 0 Å². The molecule has 2 aliphatic heterocycles. The number of rotatable bonds is 6. The van der Waals surface area contributed by atoms with E-state index in [0.29, 0.717) is 0 Å². The van der Waals surface area contributed by atoms with Crippen molar-refractivity contribution >= 4 is 11.4 Å². The Hall–Kier alpha value is -2.64. The fourth-order valence-corrected chi connectivity index (χ4v) is 4.97. The second-order valence-corrected chi connectivity index (χ2v) is 8.44. The molecule has 30 heavy (non-hydrogen) atoms. The molecule has 2 heterocycles. The summed E-state index contributed by atoms with van der Waals surface area (Å²) < 4.78 is 5.54. The number of piperidine rings is 1. The van der Waals surface area contributed by atoms with Crippen molar-refractivity contribution in [1.82, 2.24) is 0 Å². The molecule has 2 fully saturated rings. The zero-order valence-corrected chi connectivity index (χ0v) is 17.7. The van der Waals surface area contributed by atoms with Gasteiger partial charge in [-0.05, 0) is 24.3 Å². The molecule has 0 atom stereocenters.